The molecule has 33 heavy (non-hydrogen) atoms. The Morgan fingerprint density at radius 1 is 0.970 bits per heavy atom. The normalized spacial score (nSPS) is 15.2. The van der Waals surface area contributed by atoms with Gasteiger partial charge in [-0.3, -0.25) is 9.59 Å². The average molecular weight is 466 g/mol. The lowest BCUT2D eigenvalue weighted by atomic mass is 10.0. The number of carbonyl (C=O) groups is 2. The van der Waals surface area contributed by atoms with E-state index in [1.54, 1.807) is 61.2 Å². The van der Waals surface area contributed by atoms with Crippen molar-refractivity contribution in [2.75, 3.05) is 16.8 Å². The fourth-order valence-corrected chi connectivity index (χ4v) is 5.31. The van der Waals surface area contributed by atoms with Crippen LogP contribution in [0.4, 0.5) is 11.4 Å². The minimum atomic E-state index is -3.91. The molecule has 7 nitrogen and oxygen atoms in total. The summed E-state index contributed by atoms with van der Waals surface area (Å²) in [6.07, 6.45) is 1.39. The van der Waals surface area contributed by atoms with Gasteiger partial charge in [0.2, 0.25) is 21.8 Å². The third-order valence-corrected chi connectivity index (χ3v) is 7.22. The predicted octanol–water partition coefficient (Wildman–Crippen LogP) is 3.91. The second kappa shape index (κ2) is 9.33. The van der Waals surface area contributed by atoms with Gasteiger partial charge in [-0.2, -0.15) is 4.72 Å². The topological polar surface area (TPSA) is 95.6 Å². The van der Waals surface area contributed by atoms with Crippen LogP contribution in [-0.2, 0) is 19.6 Å². The molecule has 1 heterocycles. The number of carbonyl (C=O) groups excluding carboxylic acids is 2. The smallest absolute Gasteiger partial charge is 0.242 e. The number of anilines is 2. The van der Waals surface area contributed by atoms with E-state index in [1.165, 1.54) is 0 Å². The molecule has 2 amide bonds. The molecule has 1 unspecified atom stereocenters. The van der Waals surface area contributed by atoms with Crippen molar-refractivity contribution >= 4 is 44.0 Å². The highest BCUT2D eigenvalue weighted by Crippen LogP contribution is 2.24. The lowest BCUT2D eigenvalue weighted by molar-refractivity contribution is -0.119. The van der Waals surface area contributed by atoms with Crippen LogP contribution in [0.1, 0.15) is 26.7 Å². The first kappa shape index (κ1) is 22.9. The average Bonchev–Trinajstić information content (AvgIpc) is 3.23. The number of hydrogen-bond acceptors (Lipinski definition) is 4. The van der Waals surface area contributed by atoms with Gasteiger partial charge in [0.25, 0.3) is 0 Å². The fraction of sp³-hybridized carbons (Fsp3) is 0.280. The SMILES string of the molecule is CC(C)C(NS(=O)(=O)c1ccc2ccccc2c1)C(=O)Nc1ccc(N2CCCC2=O)cc1. The summed E-state index contributed by atoms with van der Waals surface area (Å²) >= 11 is 0. The first-order valence-electron chi connectivity index (χ1n) is 11.0. The van der Waals surface area contributed by atoms with E-state index in [2.05, 4.69) is 10.0 Å². The second-order valence-electron chi connectivity index (χ2n) is 8.54. The van der Waals surface area contributed by atoms with Gasteiger partial charge >= 0.3 is 0 Å². The van der Waals surface area contributed by atoms with Crippen molar-refractivity contribution in [1.29, 1.82) is 0 Å². The Morgan fingerprint density at radius 3 is 2.30 bits per heavy atom. The zero-order chi connectivity index (χ0) is 23.6. The lowest BCUT2D eigenvalue weighted by Crippen LogP contribution is -2.47. The van der Waals surface area contributed by atoms with Crippen LogP contribution in [0.2, 0.25) is 0 Å². The summed E-state index contributed by atoms with van der Waals surface area (Å²) in [6.45, 7) is 4.26. The summed E-state index contributed by atoms with van der Waals surface area (Å²) in [5.74, 6) is -0.629. The first-order chi connectivity index (χ1) is 15.7. The van der Waals surface area contributed by atoms with E-state index in [9.17, 15) is 18.0 Å². The zero-order valence-electron chi connectivity index (χ0n) is 18.6. The van der Waals surface area contributed by atoms with Crippen LogP contribution in [0.3, 0.4) is 0 Å². The third-order valence-electron chi connectivity index (χ3n) is 5.78. The van der Waals surface area contributed by atoms with Crippen molar-refractivity contribution in [2.24, 2.45) is 5.92 Å². The van der Waals surface area contributed by atoms with Gasteiger partial charge in [-0.1, -0.05) is 44.2 Å². The molecule has 0 saturated carbocycles. The van der Waals surface area contributed by atoms with E-state index in [0.717, 1.165) is 22.9 Å². The molecular formula is C25H27N3O4S. The molecule has 1 fully saturated rings. The van der Waals surface area contributed by atoms with Gasteiger partial charge in [0.15, 0.2) is 0 Å². The van der Waals surface area contributed by atoms with Gasteiger partial charge in [-0.25, -0.2) is 8.42 Å². The maximum Gasteiger partial charge on any atom is 0.242 e. The second-order valence-corrected chi connectivity index (χ2v) is 10.3. The monoisotopic (exact) mass is 465 g/mol. The van der Waals surface area contributed by atoms with Gasteiger partial charge in [-0.15, -0.1) is 0 Å². The molecule has 1 aliphatic rings. The molecule has 2 N–H and O–H groups in total. The highest BCUT2D eigenvalue weighted by atomic mass is 32.2. The summed E-state index contributed by atoms with van der Waals surface area (Å²) < 4.78 is 28.6. The number of rotatable bonds is 7. The number of fused-ring (bicyclic) bond motifs is 1. The molecule has 3 aromatic rings. The van der Waals surface area contributed by atoms with E-state index < -0.39 is 22.0 Å². The van der Waals surface area contributed by atoms with Crippen LogP contribution in [0, 0.1) is 5.92 Å². The van der Waals surface area contributed by atoms with Gasteiger partial charge in [0.1, 0.15) is 6.04 Å². The van der Waals surface area contributed by atoms with Gasteiger partial charge < -0.3 is 10.2 Å². The predicted molar refractivity (Wildman–Crippen MR) is 130 cm³/mol. The summed E-state index contributed by atoms with van der Waals surface area (Å²) in [7, 11) is -3.91. The molecule has 1 atom stereocenters. The molecule has 172 valence electrons. The van der Waals surface area contributed by atoms with Crippen LogP contribution in [0.25, 0.3) is 10.8 Å². The Morgan fingerprint density at radius 2 is 1.67 bits per heavy atom. The van der Waals surface area contributed by atoms with E-state index in [-0.39, 0.29) is 16.7 Å². The minimum absolute atomic E-state index is 0.0924. The molecule has 1 saturated heterocycles. The van der Waals surface area contributed by atoms with E-state index in [0.29, 0.717) is 18.7 Å². The van der Waals surface area contributed by atoms with Gasteiger partial charge in [-0.05, 0) is 59.5 Å². The van der Waals surface area contributed by atoms with Crippen molar-refractivity contribution in [3.8, 4) is 0 Å². The fourth-order valence-electron chi connectivity index (χ4n) is 3.93. The van der Waals surface area contributed by atoms with Crippen molar-refractivity contribution in [2.45, 2.75) is 37.6 Å². The third kappa shape index (κ3) is 5.07. The van der Waals surface area contributed by atoms with Crippen molar-refractivity contribution < 1.29 is 18.0 Å². The largest absolute Gasteiger partial charge is 0.325 e. The number of nitrogens with zero attached hydrogens (tertiary/aromatic N) is 1. The quantitative estimate of drug-likeness (QED) is 0.553. The molecule has 4 rings (SSSR count). The van der Waals surface area contributed by atoms with E-state index >= 15 is 0 Å². The first-order valence-corrected chi connectivity index (χ1v) is 12.5. The Labute approximate surface area is 193 Å². The molecule has 0 aromatic heterocycles. The van der Waals surface area contributed by atoms with Crippen LogP contribution in [0.15, 0.2) is 71.6 Å². The van der Waals surface area contributed by atoms with E-state index in [1.807, 2.05) is 24.3 Å². The Hall–Kier alpha value is -3.23. The van der Waals surface area contributed by atoms with Crippen molar-refractivity contribution in [3.63, 3.8) is 0 Å². The van der Waals surface area contributed by atoms with E-state index in [4.69, 9.17) is 0 Å². The summed E-state index contributed by atoms with van der Waals surface area (Å²) in [6, 6.07) is 18.4. The number of amides is 2. The molecule has 3 aromatic carbocycles. The molecule has 0 aliphatic carbocycles. The van der Waals surface area contributed by atoms with Crippen molar-refractivity contribution in [3.05, 3.63) is 66.7 Å². The summed E-state index contributed by atoms with van der Waals surface area (Å²) in [5, 5.41) is 4.53. The van der Waals surface area contributed by atoms with Gasteiger partial charge in [0, 0.05) is 24.3 Å². The standard InChI is InChI=1S/C25H27N3O4S/c1-17(2)24(27-33(31,32)22-14-9-18-6-3-4-7-19(18)16-22)25(30)26-20-10-12-21(13-11-20)28-15-5-8-23(28)29/h3-4,6-7,9-14,16-17,24,27H,5,8,15H2,1-2H3,(H,26,30). The molecule has 1 aliphatic heterocycles. The Bertz CT molecular complexity index is 1290. The lowest BCUT2D eigenvalue weighted by Gasteiger charge is -2.22. The molecular weight excluding hydrogens is 438 g/mol. The van der Waals surface area contributed by atoms with Crippen molar-refractivity contribution in [1.82, 2.24) is 4.72 Å². The molecule has 0 spiro atoms. The summed E-state index contributed by atoms with van der Waals surface area (Å²) in [5.41, 5.74) is 1.32. The molecule has 0 bridgehead atoms. The van der Waals surface area contributed by atoms with Crippen LogP contribution >= 0.6 is 0 Å². The Kier molecular flexibility index (Phi) is 6.49. The maximum atomic E-state index is 13.0. The maximum absolute atomic E-state index is 13.0. The molecule has 0 radical (unpaired) electrons. The van der Waals surface area contributed by atoms with Crippen LogP contribution < -0.4 is 14.9 Å². The minimum Gasteiger partial charge on any atom is -0.325 e. The summed E-state index contributed by atoms with van der Waals surface area (Å²) in [4.78, 5) is 26.7. The van der Waals surface area contributed by atoms with Crippen LogP contribution in [-0.4, -0.2) is 32.8 Å². The highest BCUT2D eigenvalue weighted by Gasteiger charge is 2.29. The molecule has 8 heteroatoms. The Balaban J connectivity index is 1.49. The highest BCUT2D eigenvalue weighted by molar-refractivity contribution is 7.89. The number of sulfonamides is 1. The van der Waals surface area contributed by atoms with Gasteiger partial charge in [0.05, 0.1) is 4.90 Å². The number of benzene rings is 3. The number of hydrogen-bond donors (Lipinski definition) is 2. The number of nitrogens with one attached hydrogen (secondary N) is 2. The van der Waals surface area contributed by atoms with Crippen LogP contribution in [0.5, 0.6) is 0 Å². The zero-order valence-corrected chi connectivity index (χ0v) is 19.4.